The lowest BCUT2D eigenvalue weighted by Gasteiger charge is -2.11. The van der Waals surface area contributed by atoms with E-state index >= 15 is 0 Å². The Kier molecular flexibility index (Phi) is 4.56. The Morgan fingerprint density at radius 2 is 2.20 bits per heavy atom. The Morgan fingerprint density at radius 3 is 2.73 bits per heavy atom. The lowest BCUT2D eigenvalue weighted by molar-refractivity contribution is -0.133. The summed E-state index contributed by atoms with van der Waals surface area (Å²) in [6.07, 6.45) is -5.74. The van der Waals surface area contributed by atoms with Gasteiger partial charge in [0, 0.05) is 13.1 Å². The molecule has 6 heteroatoms. The average molecular weight is 239 g/mol. The van der Waals surface area contributed by atoms with Gasteiger partial charge in [0.25, 0.3) is 0 Å². The number of aliphatic hydroxyl groups excluding tert-OH is 1. The molecule has 1 atom stereocenters. The first-order valence-electron chi connectivity index (χ1n) is 4.46. The number of hydrogen-bond acceptors (Lipinski definition) is 3. The zero-order chi connectivity index (χ0) is 11.3. The van der Waals surface area contributed by atoms with Crippen LogP contribution in [0, 0.1) is 0 Å². The molecule has 1 rings (SSSR count). The molecule has 0 spiro atoms. The number of halogens is 3. The van der Waals surface area contributed by atoms with Crippen molar-refractivity contribution < 1.29 is 18.3 Å². The number of rotatable bonds is 5. The third-order valence-electron chi connectivity index (χ3n) is 1.85. The van der Waals surface area contributed by atoms with E-state index in [1.807, 2.05) is 5.38 Å². The molecule has 0 amide bonds. The van der Waals surface area contributed by atoms with Crippen molar-refractivity contribution in [3.8, 4) is 0 Å². The first-order chi connectivity index (χ1) is 6.99. The van der Waals surface area contributed by atoms with Crippen molar-refractivity contribution in [3.05, 3.63) is 22.4 Å². The zero-order valence-electron chi connectivity index (χ0n) is 7.92. The Bertz CT molecular complexity index is 273. The van der Waals surface area contributed by atoms with Crippen LogP contribution in [0.3, 0.4) is 0 Å². The van der Waals surface area contributed by atoms with Crippen molar-refractivity contribution in [3.63, 3.8) is 0 Å². The van der Waals surface area contributed by atoms with E-state index in [1.165, 1.54) is 11.3 Å². The highest BCUT2D eigenvalue weighted by Gasteiger charge is 2.26. The van der Waals surface area contributed by atoms with Crippen molar-refractivity contribution in [2.45, 2.75) is 18.7 Å². The van der Waals surface area contributed by atoms with E-state index in [9.17, 15) is 18.3 Å². The van der Waals surface area contributed by atoms with E-state index in [4.69, 9.17) is 0 Å². The Hall–Kier alpha value is -0.590. The molecule has 1 aromatic rings. The summed E-state index contributed by atoms with van der Waals surface area (Å²) in [7, 11) is 0. The molecule has 1 unspecified atom stereocenters. The van der Waals surface area contributed by atoms with E-state index in [-0.39, 0.29) is 13.1 Å². The van der Waals surface area contributed by atoms with Crippen molar-refractivity contribution in [2.24, 2.45) is 0 Å². The van der Waals surface area contributed by atoms with Crippen molar-refractivity contribution >= 4 is 11.3 Å². The molecule has 0 aromatic carbocycles. The van der Waals surface area contributed by atoms with Crippen LogP contribution in [-0.2, 0) is 0 Å². The molecule has 0 radical (unpaired) electrons. The second-order valence-electron chi connectivity index (χ2n) is 3.14. The molecule has 15 heavy (non-hydrogen) atoms. The third-order valence-corrected chi connectivity index (χ3v) is 2.55. The second kappa shape index (κ2) is 5.48. The minimum absolute atomic E-state index is 0.146. The van der Waals surface area contributed by atoms with Gasteiger partial charge in [0.2, 0.25) is 0 Å². The molecule has 0 aliphatic carbocycles. The van der Waals surface area contributed by atoms with Gasteiger partial charge in [0.1, 0.15) is 0 Å². The lowest BCUT2D eigenvalue weighted by atomic mass is 10.2. The molecular weight excluding hydrogens is 227 g/mol. The fourth-order valence-corrected chi connectivity index (χ4v) is 1.76. The molecule has 86 valence electrons. The average Bonchev–Trinajstić information content (AvgIpc) is 2.63. The van der Waals surface area contributed by atoms with Crippen LogP contribution in [-0.4, -0.2) is 24.4 Å². The summed E-state index contributed by atoms with van der Waals surface area (Å²) in [5.41, 5.74) is 0.736. The van der Waals surface area contributed by atoms with Gasteiger partial charge in [-0.25, -0.2) is 0 Å². The van der Waals surface area contributed by atoms with Crippen LogP contribution in [0.15, 0.2) is 16.8 Å². The second-order valence-corrected chi connectivity index (χ2v) is 3.92. The Labute approximate surface area is 89.7 Å². The highest BCUT2D eigenvalue weighted by Crippen LogP contribution is 2.19. The standard InChI is InChI=1S/C9H12F3NOS/c10-9(11,12)2-3-13-5-8(14)7-1-4-15-6-7/h1,4,6,8,13-14H,2-3,5H2. The van der Waals surface area contributed by atoms with Gasteiger partial charge in [0.05, 0.1) is 12.5 Å². The van der Waals surface area contributed by atoms with E-state index in [0.29, 0.717) is 0 Å². The van der Waals surface area contributed by atoms with E-state index in [1.54, 1.807) is 11.4 Å². The van der Waals surface area contributed by atoms with E-state index in [0.717, 1.165) is 5.56 Å². The van der Waals surface area contributed by atoms with Crippen LogP contribution < -0.4 is 5.32 Å². The molecule has 0 saturated heterocycles. The lowest BCUT2D eigenvalue weighted by Crippen LogP contribution is -2.26. The SMILES string of the molecule is OC(CNCCC(F)(F)F)c1ccsc1. The molecule has 1 heterocycles. The van der Waals surface area contributed by atoms with Crippen LogP contribution in [0.5, 0.6) is 0 Å². The van der Waals surface area contributed by atoms with Crippen molar-refractivity contribution in [1.29, 1.82) is 0 Å². The molecule has 0 aliphatic rings. The smallest absolute Gasteiger partial charge is 0.387 e. The van der Waals surface area contributed by atoms with Crippen LogP contribution in [0.4, 0.5) is 13.2 Å². The number of nitrogens with one attached hydrogen (secondary N) is 1. The maximum Gasteiger partial charge on any atom is 0.390 e. The number of alkyl halides is 3. The van der Waals surface area contributed by atoms with Crippen LogP contribution >= 0.6 is 11.3 Å². The first-order valence-corrected chi connectivity index (χ1v) is 5.41. The summed E-state index contributed by atoms with van der Waals surface area (Å²) in [5, 5.41) is 15.7. The fraction of sp³-hybridized carbons (Fsp3) is 0.556. The molecule has 2 N–H and O–H groups in total. The summed E-state index contributed by atoms with van der Waals surface area (Å²) in [5.74, 6) is 0. The largest absolute Gasteiger partial charge is 0.390 e. The van der Waals surface area contributed by atoms with E-state index in [2.05, 4.69) is 5.32 Å². The van der Waals surface area contributed by atoms with E-state index < -0.39 is 18.7 Å². The normalized spacial score (nSPS) is 14.1. The first kappa shape index (κ1) is 12.5. The van der Waals surface area contributed by atoms with Gasteiger partial charge in [-0.05, 0) is 22.4 Å². The molecular formula is C9H12F3NOS. The van der Waals surface area contributed by atoms with Gasteiger partial charge in [-0.15, -0.1) is 0 Å². The highest BCUT2D eigenvalue weighted by molar-refractivity contribution is 7.07. The maximum absolute atomic E-state index is 11.8. The third kappa shape index (κ3) is 5.15. The van der Waals surface area contributed by atoms with Gasteiger partial charge in [-0.1, -0.05) is 0 Å². The Balaban J connectivity index is 2.16. The maximum atomic E-state index is 11.8. The monoisotopic (exact) mass is 239 g/mol. The Morgan fingerprint density at radius 1 is 1.47 bits per heavy atom. The van der Waals surface area contributed by atoms with Gasteiger partial charge in [-0.2, -0.15) is 24.5 Å². The fourth-order valence-electron chi connectivity index (χ4n) is 1.05. The highest BCUT2D eigenvalue weighted by atomic mass is 32.1. The minimum atomic E-state index is -4.14. The van der Waals surface area contributed by atoms with Gasteiger partial charge >= 0.3 is 6.18 Å². The zero-order valence-corrected chi connectivity index (χ0v) is 8.74. The molecule has 0 saturated carbocycles. The summed E-state index contributed by atoms with van der Waals surface area (Å²) in [6, 6.07) is 1.75. The molecule has 0 aliphatic heterocycles. The summed E-state index contributed by atoms with van der Waals surface area (Å²) < 4.78 is 35.3. The van der Waals surface area contributed by atoms with Gasteiger partial charge in [-0.3, -0.25) is 0 Å². The topological polar surface area (TPSA) is 32.3 Å². The van der Waals surface area contributed by atoms with Gasteiger partial charge in [0.15, 0.2) is 0 Å². The number of aliphatic hydroxyl groups is 1. The summed E-state index contributed by atoms with van der Waals surface area (Å²) in [4.78, 5) is 0. The number of hydrogen-bond donors (Lipinski definition) is 2. The van der Waals surface area contributed by atoms with Crippen LogP contribution in [0.2, 0.25) is 0 Å². The predicted molar refractivity (Wildman–Crippen MR) is 52.8 cm³/mol. The molecule has 0 bridgehead atoms. The van der Waals surface area contributed by atoms with Crippen LogP contribution in [0.1, 0.15) is 18.1 Å². The quantitative estimate of drug-likeness (QED) is 0.773. The van der Waals surface area contributed by atoms with Crippen LogP contribution in [0.25, 0.3) is 0 Å². The number of thiophene rings is 1. The molecule has 1 aromatic heterocycles. The summed E-state index contributed by atoms with van der Waals surface area (Å²) in [6.45, 7) is -0.0164. The molecule has 2 nitrogen and oxygen atoms in total. The molecule has 0 fully saturated rings. The van der Waals surface area contributed by atoms with Crippen molar-refractivity contribution in [2.75, 3.05) is 13.1 Å². The van der Waals surface area contributed by atoms with Crippen molar-refractivity contribution in [1.82, 2.24) is 5.32 Å². The van der Waals surface area contributed by atoms with Gasteiger partial charge < -0.3 is 10.4 Å². The minimum Gasteiger partial charge on any atom is -0.387 e. The predicted octanol–water partition coefficient (Wildman–Crippen LogP) is 2.32. The summed E-state index contributed by atoms with van der Waals surface area (Å²) >= 11 is 1.44.